The maximum atomic E-state index is 13.0. The van der Waals surface area contributed by atoms with Crippen LogP contribution in [0.2, 0.25) is 0 Å². The lowest BCUT2D eigenvalue weighted by Gasteiger charge is -2.11. The number of aryl methyl sites for hydroxylation is 1. The van der Waals surface area contributed by atoms with E-state index in [9.17, 15) is 18.3 Å². The van der Waals surface area contributed by atoms with Gasteiger partial charge in [0.05, 0.1) is 22.5 Å². The number of aliphatic hydroxyl groups is 1. The number of halogens is 1. The number of nitrogens with one attached hydrogen (secondary N) is 2. The molecule has 0 aliphatic carbocycles. The van der Waals surface area contributed by atoms with Crippen molar-refractivity contribution in [2.24, 2.45) is 10.2 Å². The van der Waals surface area contributed by atoms with Crippen LogP contribution in [0.5, 0.6) is 0 Å². The highest BCUT2D eigenvalue weighted by molar-refractivity contribution is 9.10. The van der Waals surface area contributed by atoms with Crippen LogP contribution in [-0.4, -0.2) is 24.4 Å². The molecular formula is C27H22BrN5O4S. The second kappa shape index (κ2) is 11.8. The number of nitrogens with zero attached hydrogens (tertiary/aromatic N) is 3. The number of sulfonamides is 1. The molecule has 11 heteroatoms. The quantitative estimate of drug-likeness (QED) is 0.120. The van der Waals surface area contributed by atoms with Crippen LogP contribution in [0.25, 0.3) is 5.76 Å². The zero-order valence-corrected chi connectivity index (χ0v) is 22.4. The summed E-state index contributed by atoms with van der Waals surface area (Å²) < 4.78 is 29.2. The number of benzene rings is 3. The van der Waals surface area contributed by atoms with Gasteiger partial charge in [-0.15, -0.1) is 5.11 Å². The van der Waals surface area contributed by atoms with Crippen molar-refractivity contribution in [1.29, 1.82) is 0 Å². The van der Waals surface area contributed by atoms with Crippen LogP contribution in [0.1, 0.15) is 11.1 Å². The van der Waals surface area contributed by atoms with Gasteiger partial charge >= 0.3 is 0 Å². The van der Waals surface area contributed by atoms with Gasteiger partial charge < -0.3 is 10.4 Å². The number of pyridine rings is 1. The van der Waals surface area contributed by atoms with Crippen LogP contribution in [0.3, 0.4) is 0 Å². The Morgan fingerprint density at radius 1 is 0.947 bits per heavy atom. The Hall–Kier alpha value is -4.35. The van der Waals surface area contributed by atoms with Gasteiger partial charge in [-0.2, -0.15) is 5.11 Å². The van der Waals surface area contributed by atoms with Gasteiger partial charge in [-0.1, -0.05) is 46.3 Å². The predicted octanol–water partition coefficient (Wildman–Crippen LogP) is 6.60. The lowest BCUT2D eigenvalue weighted by molar-refractivity contribution is -0.112. The number of amides is 1. The molecule has 1 amide bonds. The van der Waals surface area contributed by atoms with Crippen LogP contribution < -0.4 is 10.0 Å². The second-order valence-corrected chi connectivity index (χ2v) is 10.6. The molecule has 0 fully saturated rings. The number of aromatic nitrogens is 1. The first-order valence-electron chi connectivity index (χ1n) is 11.2. The predicted molar refractivity (Wildman–Crippen MR) is 150 cm³/mol. The van der Waals surface area contributed by atoms with Crippen molar-refractivity contribution >= 4 is 54.7 Å². The molecule has 4 rings (SSSR count). The maximum Gasteiger partial charge on any atom is 0.280 e. The Morgan fingerprint density at radius 2 is 1.68 bits per heavy atom. The first kappa shape index (κ1) is 26.7. The van der Waals surface area contributed by atoms with E-state index in [-0.39, 0.29) is 22.0 Å². The zero-order chi connectivity index (χ0) is 27.1. The van der Waals surface area contributed by atoms with Crippen molar-refractivity contribution in [1.82, 2.24) is 4.98 Å². The molecule has 0 unspecified atom stereocenters. The molecule has 9 nitrogen and oxygen atoms in total. The summed E-state index contributed by atoms with van der Waals surface area (Å²) in [5.41, 5.74) is 1.59. The average molecular weight is 592 g/mol. The number of hydrogen-bond acceptors (Lipinski definition) is 7. The highest BCUT2D eigenvalue weighted by Crippen LogP contribution is 2.26. The highest BCUT2D eigenvalue weighted by atomic mass is 79.9. The lowest BCUT2D eigenvalue weighted by atomic mass is 10.1. The van der Waals surface area contributed by atoms with E-state index < -0.39 is 15.9 Å². The molecule has 0 saturated heterocycles. The summed E-state index contributed by atoms with van der Waals surface area (Å²) in [5, 5.41) is 21.6. The number of aliphatic hydroxyl groups excluding tert-OH is 1. The Balaban J connectivity index is 1.62. The third-order valence-electron chi connectivity index (χ3n) is 5.22. The summed E-state index contributed by atoms with van der Waals surface area (Å²) in [7, 11) is -3.86. The first-order valence-corrected chi connectivity index (χ1v) is 13.5. The van der Waals surface area contributed by atoms with E-state index in [1.807, 2.05) is 0 Å². The molecule has 0 aliphatic rings. The van der Waals surface area contributed by atoms with Crippen molar-refractivity contribution in [3.8, 4) is 0 Å². The van der Waals surface area contributed by atoms with Crippen molar-refractivity contribution in [3.63, 3.8) is 0 Å². The van der Waals surface area contributed by atoms with Crippen LogP contribution >= 0.6 is 15.9 Å². The van der Waals surface area contributed by atoms with Gasteiger partial charge in [-0.3, -0.25) is 14.5 Å². The number of hydrogen-bond donors (Lipinski definition) is 3. The molecule has 4 aromatic rings. The van der Waals surface area contributed by atoms with E-state index >= 15 is 0 Å². The third kappa shape index (κ3) is 6.69. The van der Waals surface area contributed by atoms with Gasteiger partial charge in [0.25, 0.3) is 15.9 Å². The van der Waals surface area contributed by atoms with Gasteiger partial charge in [0.15, 0.2) is 11.5 Å². The minimum absolute atomic E-state index is 0.0663. The van der Waals surface area contributed by atoms with Gasteiger partial charge in [0.1, 0.15) is 0 Å². The molecule has 0 saturated carbocycles. The molecule has 3 N–H and O–H groups in total. The SMILES string of the molecule is Cc1cc(N=N/C(C(=O)Nc2cccnc2)=C(/O)c2ccccc2)ccc1S(=O)(=O)Nc1ccc(Br)cc1. The van der Waals surface area contributed by atoms with Gasteiger partial charge in [-0.25, -0.2) is 8.42 Å². The van der Waals surface area contributed by atoms with Crippen LogP contribution in [-0.2, 0) is 14.8 Å². The molecule has 0 spiro atoms. The molecule has 1 heterocycles. The Labute approximate surface area is 228 Å². The Morgan fingerprint density at radius 3 is 2.34 bits per heavy atom. The number of anilines is 2. The molecule has 3 aromatic carbocycles. The summed E-state index contributed by atoms with van der Waals surface area (Å²) in [6, 6.07) is 22.9. The van der Waals surface area contributed by atoms with E-state index in [0.717, 1.165) is 4.47 Å². The number of carbonyl (C=O) groups is 1. The molecular weight excluding hydrogens is 570 g/mol. The normalized spacial score (nSPS) is 12.2. The fourth-order valence-corrected chi connectivity index (χ4v) is 4.94. The van der Waals surface area contributed by atoms with Gasteiger partial charge in [0, 0.05) is 21.9 Å². The monoisotopic (exact) mass is 591 g/mol. The molecule has 1 aromatic heterocycles. The Bertz CT molecular complexity index is 1610. The first-order chi connectivity index (χ1) is 18.2. The van der Waals surface area contributed by atoms with Crippen molar-refractivity contribution in [2.45, 2.75) is 11.8 Å². The number of rotatable bonds is 8. The topological polar surface area (TPSA) is 133 Å². The molecule has 0 aliphatic heterocycles. The van der Waals surface area contributed by atoms with E-state index in [0.29, 0.717) is 22.5 Å². The van der Waals surface area contributed by atoms with Crippen molar-refractivity contribution in [2.75, 3.05) is 10.0 Å². The average Bonchev–Trinajstić information content (AvgIpc) is 2.91. The largest absolute Gasteiger partial charge is 0.505 e. The summed E-state index contributed by atoms with van der Waals surface area (Å²) in [6.07, 6.45) is 3.02. The highest BCUT2D eigenvalue weighted by Gasteiger charge is 2.19. The molecule has 0 bridgehead atoms. The van der Waals surface area contributed by atoms with Crippen LogP contribution in [0.4, 0.5) is 17.1 Å². The lowest BCUT2D eigenvalue weighted by Crippen LogP contribution is -2.15. The Kier molecular flexibility index (Phi) is 8.29. The molecule has 0 radical (unpaired) electrons. The van der Waals surface area contributed by atoms with E-state index in [4.69, 9.17) is 0 Å². The molecule has 192 valence electrons. The van der Waals surface area contributed by atoms with Crippen molar-refractivity contribution in [3.05, 3.63) is 119 Å². The summed E-state index contributed by atoms with van der Waals surface area (Å²) in [5.74, 6) is -1.07. The van der Waals surface area contributed by atoms with Crippen LogP contribution in [0, 0.1) is 6.92 Å². The second-order valence-electron chi connectivity index (χ2n) is 8.02. The standard InChI is InChI=1S/C27H22BrN5O4S/c1-18-16-22(13-14-24(18)38(36,37)33-21-11-9-20(28)10-12-21)31-32-25(26(34)19-6-3-2-4-7-19)27(35)30-23-8-5-15-29-17-23/h2-17,33-34H,1H3,(H,30,35)/b26-25+,32-31?. The van der Waals surface area contributed by atoms with Crippen LogP contribution in [0.15, 0.2) is 123 Å². The minimum atomic E-state index is -3.86. The number of azo groups is 1. The summed E-state index contributed by atoms with van der Waals surface area (Å²) >= 11 is 3.32. The molecule has 0 atom stereocenters. The summed E-state index contributed by atoms with van der Waals surface area (Å²) in [6.45, 7) is 1.63. The van der Waals surface area contributed by atoms with Crippen molar-refractivity contribution < 1.29 is 18.3 Å². The fourth-order valence-electron chi connectivity index (χ4n) is 3.39. The molecule has 38 heavy (non-hydrogen) atoms. The number of carbonyl (C=O) groups excluding carboxylic acids is 1. The fraction of sp³-hybridized carbons (Fsp3) is 0.0370. The minimum Gasteiger partial charge on any atom is -0.505 e. The summed E-state index contributed by atoms with van der Waals surface area (Å²) in [4.78, 5) is 17.0. The van der Waals surface area contributed by atoms with E-state index in [1.54, 1.807) is 79.9 Å². The van der Waals surface area contributed by atoms with E-state index in [2.05, 4.69) is 41.2 Å². The smallest absolute Gasteiger partial charge is 0.280 e. The third-order valence-corrected chi connectivity index (χ3v) is 7.29. The zero-order valence-electron chi connectivity index (χ0n) is 20.0. The van der Waals surface area contributed by atoms with Gasteiger partial charge in [0.2, 0.25) is 0 Å². The maximum absolute atomic E-state index is 13.0. The van der Waals surface area contributed by atoms with E-state index in [1.165, 1.54) is 24.4 Å². The van der Waals surface area contributed by atoms with Gasteiger partial charge in [-0.05, 0) is 67.1 Å².